The lowest BCUT2D eigenvalue weighted by molar-refractivity contribution is -0.00673. The minimum absolute atomic E-state index is 0.113. The second kappa shape index (κ2) is 12.6. The predicted octanol–water partition coefficient (Wildman–Crippen LogP) is 5.29. The number of hydrogen-bond donors (Lipinski definition) is 2. The van der Waals surface area contributed by atoms with Gasteiger partial charge in [-0.15, -0.1) is 0 Å². The van der Waals surface area contributed by atoms with E-state index >= 15 is 0 Å². The quantitative estimate of drug-likeness (QED) is 0.330. The Balaban J connectivity index is 1.80. The normalized spacial score (nSPS) is 21.2. The van der Waals surface area contributed by atoms with Crippen LogP contribution in [0.1, 0.15) is 81.5 Å². The Labute approximate surface area is 176 Å². The molecule has 4 heteroatoms. The van der Waals surface area contributed by atoms with E-state index in [-0.39, 0.29) is 5.78 Å². The average Bonchev–Trinajstić information content (AvgIpc) is 2.74. The van der Waals surface area contributed by atoms with Crippen molar-refractivity contribution in [2.75, 3.05) is 6.61 Å². The van der Waals surface area contributed by atoms with E-state index in [2.05, 4.69) is 6.92 Å². The number of ether oxygens (including phenoxy) is 1. The molecule has 0 saturated heterocycles. The van der Waals surface area contributed by atoms with E-state index in [0.29, 0.717) is 17.9 Å². The maximum absolute atomic E-state index is 13.2. The van der Waals surface area contributed by atoms with Crippen LogP contribution in [0.2, 0.25) is 0 Å². The topological polar surface area (TPSA) is 78.3 Å². The molecule has 1 aliphatic rings. The Morgan fingerprint density at radius 2 is 1.55 bits per heavy atom. The first kappa shape index (κ1) is 23.4. The Kier molecular flexibility index (Phi) is 10.2. The second-order valence-corrected chi connectivity index (χ2v) is 8.04. The Hall–Kier alpha value is -1.91. The van der Waals surface area contributed by atoms with Crippen LogP contribution in [0.3, 0.4) is 0 Å². The minimum atomic E-state index is -1.18. The molecule has 0 saturated carbocycles. The number of carbonyl (C=O) groups excluding carboxylic acids is 1. The summed E-state index contributed by atoms with van der Waals surface area (Å²) in [6.45, 7) is 2.77. The maximum atomic E-state index is 13.2. The summed E-state index contributed by atoms with van der Waals surface area (Å²) in [5.74, 6) is -0.113. The molecule has 0 aliphatic heterocycles. The van der Waals surface area contributed by atoms with Gasteiger partial charge in [-0.05, 0) is 24.6 Å². The van der Waals surface area contributed by atoms with Crippen LogP contribution in [0.15, 0.2) is 54.3 Å². The van der Waals surface area contributed by atoms with Gasteiger partial charge in [-0.1, -0.05) is 95.0 Å². The molecule has 160 valence electrons. The Morgan fingerprint density at radius 1 is 0.966 bits per heavy atom. The molecule has 2 atom stereocenters. The van der Waals surface area contributed by atoms with E-state index in [1.807, 2.05) is 18.2 Å². The van der Waals surface area contributed by atoms with E-state index in [1.165, 1.54) is 51.4 Å². The third-order valence-corrected chi connectivity index (χ3v) is 5.62. The van der Waals surface area contributed by atoms with Crippen LogP contribution in [0.5, 0.6) is 0 Å². The van der Waals surface area contributed by atoms with Crippen LogP contribution >= 0.6 is 0 Å². The number of unbranched alkanes of at least 4 members (excludes halogenated alkanes) is 9. The van der Waals surface area contributed by atoms with Crippen molar-refractivity contribution in [3.63, 3.8) is 0 Å². The van der Waals surface area contributed by atoms with Crippen molar-refractivity contribution in [3.8, 4) is 0 Å². The third kappa shape index (κ3) is 7.13. The summed E-state index contributed by atoms with van der Waals surface area (Å²) >= 11 is 0. The van der Waals surface area contributed by atoms with E-state index < -0.39 is 11.6 Å². The van der Waals surface area contributed by atoms with Crippen LogP contribution in [0, 0.1) is 0 Å². The molecule has 0 heterocycles. The molecule has 0 bridgehead atoms. The SMILES string of the molecule is CCCCCCCCCCCCOC1(C(=O)c2ccccc2)C=CC(N)=CC1N. The lowest BCUT2D eigenvalue weighted by Crippen LogP contribution is -2.55. The highest BCUT2D eigenvalue weighted by atomic mass is 16.5. The van der Waals surface area contributed by atoms with Gasteiger partial charge in [0.2, 0.25) is 5.78 Å². The Bertz CT molecular complexity index is 669. The van der Waals surface area contributed by atoms with Crippen molar-refractivity contribution < 1.29 is 9.53 Å². The molecule has 0 amide bonds. The fraction of sp³-hybridized carbons (Fsp3) is 0.560. The molecule has 0 aromatic heterocycles. The van der Waals surface area contributed by atoms with Gasteiger partial charge in [-0.2, -0.15) is 0 Å². The second-order valence-electron chi connectivity index (χ2n) is 8.04. The van der Waals surface area contributed by atoms with Gasteiger partial charge in [0.05, 0.1) is 6.04 Å². The zero-order valence-electron chi connectivity index (χ0n) is 17.9. The average molecular weight is 399 g/mol. The summed E-state index contributed by atoms with van der Waals surface area (Å²) in [6.07, 6.45) is 17.8. The molecular weight excluding hydrogens is 360 g/mol. The van der Waals surface area contributed by atoms with Crippen LogP contribution in [-0.4, -0.2) is 24.0 Å². The summed E-state index contributed by atoms with van der Waals surface area (Å²) < 4.78 is 6.16. The van der Waals surface area contributed by atoms with Crippen molar-refractivity contribution >= 4 is 5.78 Å². The van der Waals surface area contributed by atoms with Gasteiger partial charge in [0, 0.05) is 17.9 Å². The number of rotatable bonds is 14. The monoisotopic (exact) mass is 398 g/mol. The molecular formula is C25H38N2O2. The van der Waals surface area contributed by atoms with E-state index in [0.717, 1.165) is 12.8 Å². The smallest absolute Gasteiger partial charge is 0.200 e. The highest BCUT2D eigenvalue weighted by Gasteiger charge is 2.44. The Morgan fingerprint density at radius 3 is 2.14 bits per heavy atom. The minimum Gasteiger partial charge on any atom is -0.399 e. The van der Waals surface area contributed by atoms with Crippen molar-refractivity contribution in [1.29, 1.82) is 0 Å². The first-order chi connectivity index (χ1) is 14.1. The fourth-order valence-corrected chi connectivity index (χ4v) is 3.80. The van der Waals surface area contributed by atoms with Gasteiger partial charge in [-0.3, -0.25) is 4.79 Å². The van der Waals surface area contributed by atoms with Crippen LogP contribution in [-0.2, 0) is 4.74 Å². The molecule has 2 unspecified atom stereocenters. The summed E-state index contributed by atoms with van der Waals surface area (Å²) in [5, 5.41) is 0. The predicted molar refractivity (Wildman–Crippen MR) is 121 cm³/mol. The number of nitrogens with two attached hydrogens (primary N) is 2. The number of benzene rings is 1. The highest BCUT2D eigenvalue weighted by Crippen LogP contribution is 2.28. The maximum Gasteiger partial charge on any atom is 0.200 e. The molecule has 4 nitrogen and oxygen atoms in total. The molecule has 29 heavy (non-hydrogen) atoms. The van der Waals surface area contributed by atoms with Gasteiger partial charge in [-0.25, -0.2) is 0 Å². The zero-order valence-corrected chi connectivity index (χ0v) is 17.9. The number of allylic oxidation sites excluding steroid dienone is 1. The molecule has 1 aliphatic carbocycles. The summed E-state index contributed by atoms with van der Waals surface area (Å²) in [4.78, 5) is 13.2. The number of hydrogen-bond acceptors (Lipinski definition) is 4. The lowest BCUT2D eigenvalue weighted by Gasteiger charge is -2.35. The fourth-order valence-electron chi connectivity index (χ4n) is 3.80. The first-order valence-electron chi connectivity index (χ1n) is 11.3. The van der Waals surface area contributed by atoms with Gasteiger partial charge >= 0.3 is 0 Å². The largest absolute Gasteiger partial charge is 0.399 e. The standard InChI is InChI=1S/C25H38N2O2/c1-2-3-4-5-6-7-8-9-10-14-19-29-25(18-17-22(26)20-23(25)27)24(28)21-15-12-11-13-16-21/h11-13,15-18,20,23H,2-10,14,19,26-27H2,1H3. The summed E-state index contributed by atoms with van der Waals surface area (Å²) in [7, 11) is 0. The molecule has 2 rings (SSSR count). The van der Waals surface area contributed by atoms with Gasteiger partial charge in [0.15, 0.2) is 5.60 Å². The van der Waals surface area contributed by atoms with Gasteiger partial charge in [0.1, 0.15) is 0 Å². The zero-order chi connectivity index (χ0) is 21.0. The molecule has 4 N–H and O–H groups in total. The van der Waals surface area contributed by atoms with Crippen molar-refractivity contribution in [1.82, 2.24) is 0 Å². The lowest BCUT2D eigenvalue weighted by atomic mass is 9.82. The van der Waals surface area contributed by atoms with E-state index in [9.17, 15) is 4.79 Å². The molecule has 1 aromatic carbocycles. The van der Waals surface area contributed by atoms with Crippen LogP contribution in [0.4, 0.5) is 0 Å². The molecule has 0 spiro atoms. The number of carbonyl (C=O) groups is 1. The molecule has 0 radical (unpaired) electrons. The van der Waals surface area contributed by atoms with E-state index in [4.69, 9.17) is 16.2 Å². The number of Topliss-reactive ketones (excluding diaryl/α,β-unsaturated/α-hetero) is 1. The van der Waals surface area contributed by atoms with Gasteiger partial charge in [0.25, 0.3) is 0 Å². The molecule has 0 fully saturated rings. The van der Waals surface area contributed by atoms with Crippen molar-refractivity contribution in [2.24, 2.45) is 11.5 Å². The summed E-state index contributed by atoms with van der Waals surface area (Å²) in [6, 6.07) is 8.61. The molecule has 1 aromatic rings. The van der Waals surface area contributed by atoms with Crippen molar-refractivity contribution in [2.45, 2.75) is 82.8 Å². The van der Waals surface area contributed by atoms with Crippen molar-refractivity contribution in [3.05, 3.63) is 59.8 Å². The van der Waals surface area contributed by atoms with Crippen LogP contribution in [0.25, 0.3) is 0 Å². The summed E-state index contributed by atoms with van der Waals surface area (Å²) in [5.41, 5.74) is 12.2. The third-order valence-electron chi connectivity index (χ3n) is 5.62. The first-order valence-corrected chi connectivity index (χ1v) is 11.3. The van der Waals surface area contributed by atoms with Crippen LogP contribution < -0.4 is 11.5 Å². The highest BCUT2D eigenvalue weighted by molar-refractivity contribution is 6.05. The van der Waals surface area contributed by atoms with E-state index in [1.54, 1.807) is 30.4 Å². The van der Waals surface area contributed by atoms with Gasteiger partial charge < -0.3 is 16.2 Å². The number of ketones is 1.